The van der Waals surface area contributed by atoms with Gasteiger partial charge in [0.05, 0.1) is 19.6 Å². The maximum atomic E-state index is 11.4. The van der Waals surface area contributed by atoms with Crippen LogP contribution in [0.2, 0.25) is 0 Å². The molecule has 1 atom stereocenters. The minimum absolute atomic E-state index is 0.0404. The number of rotatable bonds is 10. The predicted molar refractivity (Wildman–Crippen MR) is 116 cm³/mol. The number of likely N-dealkylation sites (tertiary alicyclic amines) is 1. The fraction of sp³-hybridized carbons (Fsp3) is 0.522. The molecule has 0 amide bonds. The largest absolute Gasteiger partial charge is 0.481 e. The molecule has 1 saturated heterocycles. The highest BCUT2D eigenvalue weighted by Gasteiger charge is 2.35. The van der Waals surface area contributed by atoms with E-state index in [4.69, 9.17) is 14.5 Å². The van der Waals surface area contributed by atoms with Gasteiger partial charge in [0, 0.05) is 50.2 Å². The first-order valence-corrected chi connectivity index (χ1v) is 10.9. The van der Waals surface area contributed by atoms with Gasteiger partial charge in [0.1, 0.15) is 5.82 Å². The first kappa shape index (κ1) is 21.5. The first-order chi connectivity index (χ1) is 15.1. The van der Waals surface area contributed by atoms with Crippen LogP contribution in [0.1, 0.15) is 42.1 Å². The van der Waals surface area contributed by atoms with Crippen molar-refractivity contribution in [3.8, 4) is 5.88 Å². The Morgan fingerprint density at radius 3 is 2.94 bits per heavy atom. The molecule has 2 N–H and O–H groups in total. The van der Waals surface area contributed by atoms with Gasteiger partial charge in [-0.15, -0.1) is 0 Å². The third-order valence-corrected chi connectivity index (χ3v) is 5.92. The van der Waals surface area contributed by atoms with Crippen LogP contribution in [0.25, 0.3) is 0 Å². The molecule has 1 fully saturated rings. The summed E-state index contributed by atoms with van der Waals surface area (Å²) >= 11 is 0. The third kappa shape index (κ3) is 5.51. The monoisotopic (exact) mass is 426 g/mol. The maximum Gasteiger partial charge on any atom is 0.305 e. The van der Waals surface area contributed by atoms with Gasteiger partial charge < -0.3 is 19.9 Å². The highest BCUT2D eigenvalue weighted by molar-refractivity contribution is 5.68. The van der Waals surface area contributed by atoms with Crippen LogP contribution in [0, 0.1) is 0 Å². The first-order valence-electron chi connectivity index (χ1n) is 10.9. The molecule has 8 nitrogen and oxygen atoms in total. The number of aliphatic carboxylic acids is 1. The highest BCUT2D eigenvalue weighted by Crippen LogP contribution is 2.30. The second-order valence-corrected chi connectivity index (χ2v) is 8.14. The molecule has 8 heteroatoms. The zero-order chi connectivity index (χ0) is 21.6. The molecule has 166 valence electrons. The van der Waals surface area contributed by atoms with E-state index < -0.39 is 5.97 Å². The van der Waals surface area contributed by atoms with Crippen molar-refractivity contribution >= 4 is 11.8 Å². The van der Waals surface area contributed by atoms with Gasteiger partial charge in [0.25, 0.3) is 0 Å². The van der Waals surface area contributed by atoms with Gasteiger partial charge in [-0.1, -0.05) is 12.1 Å². The van der Waals surface area contributed by atoms with Crippen LogP contribution in [0.15, 0.2) is 30.5 Å². The van der Waals surface area contributed by atoms with Crippen molar-refractivity contribution in [1.82, 2.24) is 14.9 Å². The number of carbonyl (C=O) groups is 1. The number of carboxylic acid groups (broad SMARTS) is 1. The van der Waals surface area contributed by atoms with Gasteiger partial charge in [-0.05, 0) is 42.9 Å². The lowest BCUT2D eigenvalue weighted by Gasteiger charge is -2.43. The number of aromatic nitrogens is 2. The van der Waals surface area contributed by atoms with E-state index in [0.29, 0.717) is 12.5 Å². The van der Waals surface area contributed by atoms with E-state index in [2.05, 4.69) is 27.3 Å². The van der Waals surface area contributed by atoms with Crippen molar-refractivity contribution < 1.29 is 19.4 Å². The van der Waals surface area contributed by atoms with E-state index >= 15 is 0 Å². The van der Waals surface area contributed by atoms with Crippen LogP contribution in [0.5, 0.6) is 5.88 Å². The summed E-state index contributed by atoms with van der Waals surface area (Å²) in [6, 6.07) is 7.75. The number of hydrogen-bond acceptors (Lipinski definition) is 7. The minimum Gasteiger partial charge on any atom is -0.481 e. The topological polar surface area (TPSA) is 96.8 Å². The average molecular weight is 427 g/mol. The van der Waals surface area contributed by atoms with Crippen LogP contribution in [0.3, 0.4) is 0 Å². The molecule has 0 radical (unpaired) electrons. The Labute approximate surface area is 182 Å². The molecule has 0 spiro atoms. The Hall–Kier alpha value is -2.71. The van der Waals surface area contributed by atoms with Gasteiger partial charge in [-0.3, -0.25) is 9.69 Å². The molecule has 0 aliphatic carbocycles. The number of hydrogen-bond donors (Lipinski definition) is 2. The molecule has 0 saturated carbocycles. The fourth-order valence-corrected chi connectivity index (χ4v) is 4.17. The summed E-state index contributed by atoms with van der Waals surface area (Å²) in [7, 11) is 1.56. The number of nitrogens with one attached hydrogen (secondary N) is 1. The molecule has 2 aromatic rings. The number of ether oxygens (including phenoxy) is 2. The Morgan fingerprint density at radius 2 is 2.19 bits per heavy atom. The number of pyridine rings is 2. The van der Waals surface area contributed by atoms with Crippen LogP contribution < -0.4 is 10.1 Å². The van der Waals surface area contributed by atoms with E-state index in [-0.39, 0.29) is 18.6 Å². The molecular formula is C23H30N4O4. The van der Waals surface area contributed by atoms with Crippen molar-refractivity contribution in [2.45, 2.75) is 44.2 Å². The lowest BCUT2D eigenvalue weighted by Crippen LogP contribution is -2.53. The summed E-state index contributed by atoms with van der Waals surface area (Å²) in [6.07, 6.45) is 5.96. The Bertz CT molecular complexity index is 884. The van der Waals surface area contributed by atoms with E-state index in [1.165, 1.54) is 12.0 Å². The Morgan fingerprint density at radius 1 is 1.32 bits per heavy atom. The number of anilines is 1. The molecule has 4 rings (SSSR count). The molecule has 1 unspecified atom stereocenters. The second-order valence-electron chi connectivity index (χ2n) is 8.14. The normalized spacial score (nSPS) is 17.3. The number of carboxylic acids is 1. The summed E-state index contributed by atoms with van der Waals surface area (Å²) in [6.45, 7) is 3.13. The van der Waals surface area contributed by atoms with Gasteiger partial charge >= 0.3 is 5.97 Å². The molecule has 2 aliphatic heterocycles. The second kappa shape index (κ2) is 10.1. The third-order valence-electron chi connectivity index (χ3n) is 5.92. The van der Waals surface area contributed by atoms with Gasteiger partial charge in [0.15, 0.2) is 0 Å². The van der Waals surface area contributed by atoms with Crippen LogP contribution in [-0.2, 0) is 22.4 Å². The molecular weight excluding hydrogens is 396 g/mol. The van der Waals surface area contributed by atoms with E-state index in [9.17, 15) is 9.90 Å². The zero-order valence-electron chi connectivity index (χ0n) is 17.9. The van der Waals surface area contributed by atoms with Crippen LogP contribution in [0.4, 0.5) is 5.82 Å². The van der Waals surface area contributed by atoms with E-state index in [1.54, 1.807) is 19.4 Å². The number of nitrogens with zero attached hydrogens (tertiary/aromatic N) is 3. The SMILES string of the molecule is COc1ccc(C(CC(=O)O)N2CC(OCCCc3ccc4c(n3)NCCC4)C2)cn1. The zero-order valence-corrected chi connectivity index (χ0v) is 17.9. The summed E-state index contributed by atoms with van der Waals surface area (Å²) < 4.78 is 11.1. The van der Waals surface area contributed by atoms with E-state index in [0.717, 1.165) is 56.0 Å². The van der Waals surface area contributed by atoms with Crippen molar-refractivity contribution in [2.24, 2.45) is 0 Å². The minimum atomic E-state index is -0.822. The number of aryl methyl sites for hydroxylation is 2. The van der Waals surface area contributed by atoms with Gasteiger partial charge in [0.2, 0.25) is 5.88 Å². The standard InChI is InChI=1S/C23H30N4O4/c1-30-21-9-7-17(13-25-21)20(12-22(28)29)27-14-19(15-27)31-11-3-5-18-8-6-16-4-2-10-24-23(16)26-18/h6-9,13,19-20H,2-5,10-12,14-15H2,1H3,(H,24,26)(H,28,29). The quantitative estimate of drug-likeness (QED) is 0.560. The van der Waals surface area contributed by atoms with Crippen LogP contribution in [-0.4, -0.2) is 65.4 Å². The molecule has 0 bridgehead atoms. The van der Waals surface area contributed by atoms with E-state index in [1.807, 2.05) is 6.07 Å². The Kier molecular flexibility index (Phi) is 6.99. The summed E-state index contributed by atoms with van der Waals surface area (Å²) in [5.74, 6) is 0.737. The van der Waals surface area contributed by atoms with Crippen LogP contribution >= 0.6 is 0 Å². The lowest BCUT2D eigenvalue weighted by molar-refractivity contribution is -0.140. The van der Waals surface area contributed by atoms with Gasteiger partial charge in [-0.2, -0.15) is 0 Å². The molecule has 2 aromatic heterocycles. The summed E-state index contributed by atoms with van der Waals surface area (Å²) in [5, 5.41) is 12.7. The highest BCUT2D eigenvalue weighted by atomic mass is 16.5. The number of methoxy groups -OCH3 is 1. The molecule has 2 aliphatic rings. The lowest BCUT2D eigenvalue weighted by atomic mass is 9.99. The molecule has 0 aromatic carbocycles. The maximum absolute atomic E-state index is 11.4. The number of fused-ring (bicyclic) bond motifs is 1. The van der Waals surface area contributed by atoms with Crippen molar-refractivity contribution in [2.75, 3.05) is 38.7 Å². The van der Waals surface area contributed by atoms with Crippen molar-refractivity contribution in [1.29, 1.82) is 0 Å². The van der Waals surface area contributed by atoms with Crippen molar-refractivity contribution in [3.05, 3.63) is 47.3 Å². The summed E-state index contributed by atoms with van der Waals surface area (Å²) in [4.78, 5) is 22.4. The smallest absolute Gasteiger partial charge is 0.305 e. The molecule has 4 heterocycles. The average Bonchev–Trinajstić information content (AvgIpc) is 2.76. The fourth-order valence-electron chi connectivity index (χ4n) is 4.17. The van der Waals surface area contributed by atoms with Gasteiger partial charge in [-0.25, -0.2) is 9.97 Å². The van der Waals surface area contributed by atoms with Crippen molar-refractivity contribution in [3.63, 3.8) is 0 Å². The predicted octanol–water partition coefficient (Wildman–Crippen LogP) is 2.69. The Balaban J connectivity index is 1.22. The summed E-state index contributed by atoms with van der Waals surface area (Å²) in [5.41, 5.74) is 3.29. The molecule has 31 heavy (non-hydrogen) atoms.